The van der Waals surface area contributed by atoms with Crippen molar-refractivity contribution in [1.82, 2.24) is 10.2 Å². The van der Waals surface area contributed by atoms with Crippen LogP contribution in [0.25, 0.3) is 0 Å². The molecule has 1 N–H and O–H groups in total. The van der Waals surface area contributed by atoms with Gasteiger partial charge in [0.25, 0.3) is 5.91 Å². The van der Waals surface area contributed by atoms with Gasteiger partial charge in [-0.25, -0.2) is 0 Å². The van der Waals surface area contributed by atoms with E-state index in [-0.39, 0.29) is 35.6 Å². The number of carbonyl (C=O) groups is 2. The van der Waals surface area contributed by atoms with Crippen LogP contribution in [-0.4, -0.2) is 36.3 Å². The van der Waals surface area contributed by atoms with Gasteiger partial charge in [0, 0.05) is 41.2 Å². The van der Waals surface area contributed by atoms with E-state index in [2.05, 4.69) is 38.2 Å². The Morgan fingerprint density at radius 1 is 1.18 bits per heavy atom. The van der Waals surface area contributed by atoms with Crippen molar-refractivity contribution < 1.29 is 9.59 Å². The monoisotopic (exact) mass is 486 g/mol. The molecule has 6 heteroatoms. The first-order chi connectivity index (χ1) is 15.7. The zero-order valence-electron chi connectivity index (χ0n) is 19.7. The van der Waals surface area contributed by atoms with Gasteiger partial charge >= 0.3 is 0 Å². The standard InChI is InChI=1S/C27H32Cl2N2O2/c1-5-14-31(4)25(32)18-8-11-20(22(29)15-18)21-12-13-27(3)24(16(2)30-26(27)33)23(21)17-6-9-19(28)10-7-17/h6-11,15-16,21,23-24H,5,12-14H2,1-4H3,(H,30,33)/t16-,21+,23+,24+,27-/m1/s1. The summed E-state index contributed by atoms with van der Waals surface area (Å²) in [4.78, 5) is 27.4. The molecule has 1 aliphatic carbocycles. The van der Waals surface area contributed by atoms with Crippen molar-refractivity contribution in [2.75, 3.05) is 13.6 Å². The van der Waals surface area contributed by atoms with E-state index in [4.69, 9.17) is 23.2 Å². The minimum absolute atomic E-state index is 0.0185. The second-order valence-corrected chi connectivity index (χ2v) is 10.7. The summed E-state index contributed by atoms with van der Waals surface area (Å²) in [6.45, 7) is 6.96. The average Bonchev–Trinajstić information content (AvgIpc) is 3.02. The van der Waals surface area contributed by atoms with Crippen LogP contribution < -0.4 is 5.32 Å². The molecule has 2 aromatic rings. The van der Waals surface area contributed by atoms with Crippen LogP contribution in [0.1, 0.15) is 73.4 Å². The smallest absolute Gasteiger partial charge is 0.253 e. The number of hydrogen-bond acceptors (Lipinski definition) is 2. The van der Waals surface area contributed by atoms with Gasteiger partial charge < -0.3 is 10.2 Å². The Hall–Kier alpha value is -2.04. The normalized spacial score (nSPS) is 28.8. The molecule has 4 rings (SSSR count). The number of carbonyl (C=O) groups excluding carboxylic acids is 2. The molecule has 1 saturated carbocycles. The molecule has 0 spiro atoms. The van der Waals surface area contributed by atoms with Crippen LogP contribution in [0.4, 0.5) is 0 Å². The maximum absolute atomic E-state index is 12.9. The number of nitrogens with one attached hydrogen (secondary N) is 1. The fraction of sp³-hybridized carbons (Fsp3) is 0.481. The van der Waals surface area contributed by atoms with Crippen molar-refractivity contribution in [3.63, 3.8) is 0 Å². The second kappa shape index (κ2) is 9.31. The molecule has 2 aromatic carbocycles. The molecule has 4 nitrogen and oxygen atoms in total. The van der Waals surface area contributed by atoms with E-state index in [0.29, 0.717) is 22.2 Å². The molecule has 176 valence electrons. The summed E-state index contributed by atoms with van der Waals surface area (Å²) in [7, 11) is 1.82. The van der Waals surface area contributed by atoms with Gasteiger partial charge in [0.2, 0.25) is 5.91 Å². The summed E-state index contributed by atoms with van der Waals surface area (Å²) < 4.78 is 0. The summed E-state index contributed by atoms with van der Waals surface area (Å²) in [5.74, 6) is 0.512. The number of amides is 2. The molecule has 1 aliphatic heterocycles. The molecule has 0 unspecified atom stereocenters. The van der Waals surface area contributed by atoms with Crippen molar-refractivity contribution in [3.05, 3.63) is 69.2 Å². The number of halogens is 2. The topological polar surface area (TPSA) is 49.4 Å². The maximum atomic E-state index is 12.9. The number of benzene rings is 2. The van der Waals surface area contributed by atoms with E-state index in [1.165, 1.54) is 5.56 Å². The van der Waals surface area contributed by atoms with E-state index in [9.17, 15) is 9.59 Å². The number of rotatable bonds is 5. The highest BCUT2D eigenvalue weighted by molar-refractivity contribution is 6.32. The lowest BCUT2D eigenvalue weighted by molar-refractivity contribution is -0.129. The first-order valence-electron chi connectivity index (χ1n) is 11.8. The van der Waals surface area contributed by atoms with Gasteiger partial charge in [-0.1, -0.05) is 55.2 Å². The minimum Gasteiger partial charge on any atom is -0.353 e. The van der Waals surface area contributed by atoms with Crippen LogP contribution in [-0.2, 0) is 4.79 Å². The van der Waals surface area contributed by atoms with Crippen molar-refractivity contribution in [1.29, 1.82) is 0 Å². The lowest BCUT2D eigenvalue weighted by Gasteiger charge is -2.46. The molecule has 2 amide bonds. The van der Waals surface area contributed by atoms with Gasteiger partial charge in [0.05, 0.1) is 5.41 Å². The predicted octanol–water partition coefficient (Wildman–Crippen LogP) is 6.28. The number of nitrogens with zero attached hydrogens (tertiary/aromatic N) is 1. The summed E-state index contributed by atoms with van der Waals surface area (Å²) in [6.07, 6.45) is 2.56. The highest BCUT2D eigenvalue weighted by Gasteiger charge is 2.57. The summed E-state index contributed by atoms with van der Waals surface area (Å²) in [5.41, 5.74) is 2.41. The Bertz CT molecular complexity index is 1050. The van der Waals surface area contributed by atoms with Crippen LogP contribution in [0.5, 0.6) is 0 Å². The van der Waals surface area contributed by atoms with Crippen LogP contribution in [0.15, 0.2) is 42.5 Å². The third-order valence-electron chi connectivity index (χ3n) is 7.75. The largest absolute Gasteiger partial charge is 0.353 e. The third kappa shape index (κ3) is 4.28. The highest BCUT2D eigenvalue weighted by Crippen LogP contribution is 2.59. The zero-order valence-corrected chi connectivity index (χ0v) is 21.2. The Kier molecular flexibility index (Phi) is 6.80. The quantitative estimate of drug-likeness (QED) is 0.540. The molecule has 0 aromatic heterocycles. The van der Waals surface area contributed by atoms with Crippen molar-refractivity contribution in [2.24, 2.45) is 11.3 Å². The Balaban J connectivity index is 1.75. The molecular weight excluding hydrogens is 455 g/mol. The van der Waals surface area contributed by atoms with Crippen molar-refractivity contribution in [2.45, 2.75) is 57.9 Å². The van der Waals surface area contributed by atoms with Gasteiger partial charge in [-0.3, -0.25) is 9.59 Å². The van der Waals surface area contributed by atoms with Gasteiger partial charge in [-0.15, -0.1) is 0 Å². The third-order valence-corrected chi connectivity index (χ3v) is 8.33. The minimum atomic E-state index is -0.411. The average molecular weight is 487 g/mol. The predicted molar refractivity (Wildman–Crippen MR) is 134 cm³/mol. The van der Waals surface area contributed by atoms with Crippen LogP contribution in [0.3, 0.4) is 0 Å². The first-order valence-corrected chi connectivity index (χ1v) is 12.5. The molecule has 33 heavy (non-hydrogen) atoms. The first kappa shape index (κ1) is 24.1. The summed E-state index contributed by atoms with van der Waals surface area (Å²) >= 11 is 13.0. The van der Waals surface area contributed by atoms with Gasteiger partial charge in [-0.05, 0) is 73.4 Å². The van der Waals surface area contributed by atoms with Crippen molar-refractivity contribution in [3.8, 4) is 0 Å². The molecule has 0 radical (unpaired) electrons. The summed E-state index contributed by atoms with van der Waals surface area (Å²) in [6, 6.07) is 13.8. The lowest BCUT2D eigenvalue weighted by Crippen LogP contribution is -2.42. The molecule has 2 fully saturated rings. The molecule has 1 heterocycles. The Morgan fingerprint density at radius 2 is 1.88 bits per heavy atom. The van der Waals surface area contributed by atoms with E-state index >= 15 is 0 Å². The molecule has 5 atom stereocenters. The molecular formula is C27H32Cl2N2O2. The Labute approximate surface area is 206 Å². The summed E-state index contributed by atoms with van der Waals surface area (Å²) in [5, 5.41) is 4.51. The SMILES string of the molecule is CCCN(C)C(=O)c1ccc([C@@H]2CC[C@@]3(C)C(=O)N[C@H](C)[C@H]3[C@H]2c2ccc(Cl)cc2)c(Cl)c1. The van der Waals surface area contributed by atoms with Crippen LogP contribution >= 0.6 is 23.2 Å². The van der Waals surface area contributed by atoms with Crippen LogP contribution in [0.2, 0.25) is 10.0 Å². The molecule has 1 saturated heterocycles. The lowest BCUT2D eigenvalue weighted by atomic mass is 9.56. The van der Waals surface area contributed by atoms with E-state index < -0.39 is 5.41 Å². The maximum Gasteiger partial charge on any atom is 0.253 e. The number of fused-ring (bicyclic) bond motifs is 1. The Morgan fingerprint density at radius 3 is 2.52 bits per heavy atom. The van der Waals surface area contributed by atoms with E-state index in [1.54, 1.807) is 11.0 Å². The van der Waals surface area contributed by atoms with E-state index in [1.807, 2.05) is 31.3 Å². The molecule has 2 aliphatic rings. The van der Waals surface area contributed by atoms with Gasteiger partial charge in [-0.2, -0.15) is 0 Å². The van der Waals surface area contributed by atoms with Gasteiger partial charge in [0.15, 0.2) is 0 Å². The zero-order chi connectivity index (χ0) is 23.9. The highest BCUT2D eigenvalue weighted by atomic mass is 35.5. The number of hydrogen-bond donors (Lipinski definition) is 1. The molecule has 0 bridgehead atoms. The fourth-order valence-corrected chi connectivity index (χ4v) is 6.58. The van der Waals surface area contributed by atoms with Crippen molar-refractivity contribution >= 4 is 35.0 Å². The van der Waals surface area contributed by atoms with Gasteiger partial charge in [0.1, 0.15) is 0 Å². The second-order valence-electron chi connectivity index (χ2n) is 9.89. The van der Waals surface area contributed by atoms with E-state index in [0.717, 1.165) is 24.8 Å². The van der Waals surface area contributed by atoms with Crippen LogP contribution in [0, 0.1) is 11.3 Å². The fourth-order valence-electron chi connectivity index (χ4n) is 6.13.